The highest BCUT2D eigenvalue weighted by Crippen LogP contribution is 2.36. The van der Waals surface area contributed by atoms with E-state index in [-0.39, 0.29) is 23.5 Å². The summed E-state index contributed by atoms with van der Waals surface area (Å²) < 4.78 is 14.9. The monoisotopic (exact) mass is 559 g/mol. The summed E-state index contributed by atoms with van der Waals surface area (Å²) in [5, 5.41) is 10.8. The topological polar surface area (TPSA) is 92.4 Å². The number of piperidine rings is 1. The van der Waals surface area contributed by atoms with Crippen LogP contribution >= 0.6 is 0 Å². The number of likely N-dealkylation sites (tertiary alicyclic amines) is 1. The number of hydrogen-bond donors (Lipinski definition) is 1. The van der Waals surface area contributed by atoms with Crippen LogP contribution in [-0.2, 0) is 33.2 Å². The lowest BCUT2D eigenvalue weighted by Crippen LogP contribution is -2.47. The van der Waals surface area contributed by atoms with E-state index in [0.717, 1.165) is 81.7 Å². The van der Waals surface area contributed by atoms with Crippen molar-refractivity contribution in [3.63, 3.8) is 0 Å². The second kappa shape index (κ2) is 10.7. The maximum absolute atomic E-state index is 12.9. The van der Waals surface area contributed by atoms with Gasteiger partial charge in [0.05, 0.1) is 5.69 Å². The second-order valence-electron chi connectivity index (χ2n) is 12.0. The largest absolute Gasteiger partial charge is 0.503 e. The summed E-state index contributed by atoms with van der Waals surface area (Å²) in [7, 11) is 1.96. The molecule has 2 aromatic heterocycles. The quantitative estimate of drug-likeness (QED) is 0.490. The normalized spacial score (nSPS) is 22.6. The van der Waals surface area contributed by atoms with Crippen molar-refractivity contribution in [2.75, 3.05) is 46.1 Å². The van der Waals surface area contributed by atoms with E-state index in [2.05, 4.69) is 32.9 Å². The first kappa shape index (κ1) is 26.3. The predicted octanol–water partition coefficient (Wildman–Crippen LogP) is 1.92. The summed E-state index contributed by atoms with van der Waals surface area (Å²) in [4.78, 5) is 32.4. The van der Waals surface area contributed by atoms with Crippen molar-refractivity contribution in [3.05, 3.63) is 85.7 Å². The Morgan fingerprint density at radius 2 is 1.63 bits per heavy atom. The van der Waals surface area contributed by atoms with Gasteiger partial charge in [0.25, 0.3) is 5.56 Å². The summed E-state index contributed by atoms with van der Waals surface area (Å²) in [6.45, 7) is 8.34. The zero-order valence-corrected chi connectivity index (χ0v) is 23.5. The van der Waals surface area contributed by atoms with E-state index in [1.165, 1.54) is 5.56 Å². The molecule has 1 N–H and O–H groups in total. The molecule has 41 heavy (non-hydrogen) atoms. The van der Waals surface area contributed by atoms with E-state index < -0.39 is 0 Å². The van der Waals surface area contributed by atoms with E-state index in [1.54, 1.807) is 12.1 Å². The molecule has 0 aliphatic carbocycles. The number of pyridine rings is 2. The van der Waals surface area contributed by atoms with Crippen LogP contribution in [0, 0.1) is 5.92 Å². The fourth-order valence-electron chi connectivity index (χ4n) is 7.09. The highest BCUT2D eigenvalue weighted by Gasteiger charge is 2.35. The molecule has 2 atom stereocenters. The molecular weight excluding hydrogens is 522 g/mol. The van der Waals surface area contributed by atoms with Crippen LogP contribution in [0.3, 0.4) is 0 Å². The van der Waals surface area contributed by atoms with Gasteiger partial charge in [-0.15, -0.1) is 0 Å². The molecule has 4 aliphatic heterocycles. The molecule has 4 aliphatic rings. The van der Waals surface area contributed by atoms with Crippen molar-refractivity contribution in [3.8, 4) is 17.2 Å². The second-order valence-corrected chi connectivity index (χ2v) is 12.0. The van der Waals surface area contributed by atoms with Crippen LogP contribution in [0.1, 0.15) is 35.0 Å². The summed E-state index contributed by atoms with van der Waals surface area (Å²) in [6, 6.07) is 13.3. The van der Waals surface area contributed by atoms with Gasteiger partial charge >= 0.3 is 0 Å². The molecule has 6 heterocycles. The maximum Gasteiger partial charge on any atom is 0.250 e. The molecule has 0 saturated carbocycles. The van der Waals surface area contributed by atoms with E-state index in [9.17, 15) is 14.7 Å². The van der Waals surface area contributed by atoms with E-state index >= 15 is 0 Å². The fraction of sp³-hybridized carbons (Fsp3) is 0.484. The number of aromatic hydroxyl groups is 1. The first-order valence-electron chi connectivity index (χ1n) is 14.6. The number of benzene rings is 1. The summed E-state index contributed by atoms with van der Waals surface area (Å²) in [5.74, 6) is 2.20. The Morgan fingerprint density at radius 3 is 2.46 bits per heavy atom. The Labute approximate surface area is 238 Å². The number of rotatable bonds is 6. The van der Waals surface area contributed by atoms with Gasteiger partial charge in [0, 0.05) is 102 Å². The van der Waals surface area contributed by atoms with Crippen LogP contribution in [0.25, 0.3) is 0 Å². The Bertz CT molecular complexity index is 1570. The van der Waals surface area contributed by atoms with Crippen LogP contribution in [0.2, 0.25) is 0 Å². The zero-order chi connectivity index (χ0) is 28.1. The van der Waals surface area contributed by atoms with Crippen molar-refractivity contribution in [1.29, 1.82) is 0 Å². The minimum atomic E-state index is -0.316. The van der Waals surface area contributed by atoms with Gasteiger partial charge in [-0.25, -0.2) is 0 Å². The molecule has 2 saturated heterocycles. The molecule has 7 rings (SSSR count). The number of nitrogens with zero attached hydrogens (tertiary/aromatic N) is 5. The van der Waals surface area contributed by atoms with Gasteiger partial charge in [0.1, 0.15) is 0 Å². The Morgan fingerprint density at radius 1 is 0.854 bits per heavy atom. The van der Waals surface area contributed by atoms with Gasteiger partial charge in [-0.1, -0.05) is 12.1 Å². The van der Waals surface area contributed by atoms with Crippen molar-refractivity contribution in [1.82, 2.24) is 23.8 Å². The average molecular weight is 560 g/mol. The molecule has 10 heteroatoms. The Hall–Kier alpha value is -3.60. The van der Waals surface area contributed by atoms with Crippen LogP contribution in [0.4, 0.5) is 0 Å². The molecule has 0 unspecified atom stereocenters. The minimum Gasteiger partial charge on any atom is -0.503 e. The van der Waals surface area contributed by atoms with Gasteiger partial charge in [-0.2, -0.15) is 0 Å². The molecule has 2 fully saturated rings. The minimum absolute atomic E-state index is 0.0880. The maximum atomic E-state index is 12.9. The lowest BCUT2D eigenvalue weighted by Gasteiger charge is -2.43. The SMILES string of the molecule is Cn1c(CN2C[C@H]3C[C@@H](C2)c2cccc(=O)n2C3)cc(=O)c(O)c1CN1CCN(Cc2ccc3c(c2)OCO3)CC1. The van der Waals surface area contributed by atoms with E-state index in [1.807, 2.05) is 28.3 Å². The van der Waals surface area contributed by atoms with Crippen molar-refractivity contribution >= 4 is 0 Å². The molecule has 0 amide bonds. The average Bonchev–Trinajstić information content (AvgIpc) is 3.44. The molecule has 2 bridgehead atoms. The van der Waals surface area contributed by atoms with Crippen molar-refractivity contribution < 1.29 is 14.6 Å². The number of ether oxygens (including phenoxy) is 2. The highest BCUT2D eigenvalue weighted by molar-refractivity contribution is 5.44. The van der Waals surface area contributed by atoms with Crippen molar-refractivity contribution in [2.24, 2.45) is 13.0 Å². The van der Waals surface area contributed by atoms with Gasteiger partial charge < -0.3 is 23.7 Å². The van der Waals surface area contributed by atoms with E-state index in [0.29, 0.717) is 30.6 Å². The van der Waals surface area contributed by atoms with Gasteiger partial charge in [0.15, 0.2) is 17.2 Å². The standard InChI is InChI=1S/C31H37N5O5/c1-32-24(18-35-15-22-11-23(17-35)25-3-2-4-30(38)36(25)16-22)13-27(37)31(39)26(32)19-34-9-7-33(8-10-34)14-21-5-6-28-29(12-21)41-20-40-28/h2-6,12-13,22-23,39H,7-11,14-20H2,1H3/t22-,23+/m1/s1. The lowest BCUT2D eigenvalue weighted by molar-refractivity contribution is 0.110. The Kier molecular flexibility index (Phi) is 6.84. The Balaban J connectivity index is 1.01. The summed E-state index contributed by atoms with van der Waals surface area (Å²) in [6.07, 6.45) is 1.10. The molecular formula is C31H37N5O5. The van der Waals surface area contributed by atoms with Crippen molar-refractivity contribution in [2.45, 2.75) is 38.5 Å². The number of fused-ring (bicyclic) bond motifs is 5. The molecule has 0 radical (unpaired) electrons. The third kappa shape index (κ3) is 5.16. The third-order valence-electron chi connectivity index (χ3n) is 9.26. The van der Waals surface area contributed by atoms with Gasteiger partial charge in [-0.05, 0) is 36.1 Å². The summed E-state index contributed by atoms with van der Waals surface area (Å²) >= 11 is 0. The first-order chi connectivity index (χ1) is 19.9. The van der Waals surface area contributed by atoms with Crippen LogP contribution in [0.5, 0.6) is 17.2 Å². The number of piperazine rings is 1. The molecule has 1 aromatic carbocycles. The number of hydrogen-bond acceptors (Lipinski definition) is 8. The molecule has 0 spiro atoms. The number of aromatic nitrogens is 2. The van der Waals surface area contributed by atoms with Gasteiger partial charge in [-0.3, -0.25) is 24.3 Å². The smallest absolute Gasteiger partial charge is 0.250 e. The molecule has 3 aromatic rings. The highest BCUT2D eigenvalue weighted by atomic mass is 16.7. The summed E-state index contributed by atoms with van der Waals surface area (Å²) in [5.41, 5.74) is 3.68. The zero-order valence-electron chi connectivity index (χ0n) is 23.5. The van der Waals surface area contributed by atoms with Crippen LogP contribution in [-0.4, -0.2) is 75.0 Å². The third-order valence-corrected chi connectivity index (χ3v) is 9.26. The van der Waals surface area contributed by atoms with Crippen LogP contribution in [0.15, 0.2) is 52.1 Å². The predicted molar refractivity (Wildman–Crippen MR) is 153 cm³/mol. The first-order valence-corrected chi connectivity index (χ1v) is 14.6. The lowest BCUT2D eigenvalue weighted by atomic mass is 9.83. The molecule has 10 nitrogen and oxygen atoms in total. The molecule has 216 valence electrons. The fourth-order valence-corrected chi connectivity index (χ4v) is 7.09. The van der Waals surface area contributed by atoms with Gasteiger partial charge in [0.2, 0.25) is 12.2 Å². The van der Waals surface area contributed by atoms with E-state index in [4.69, 9.17) is 9.47 Å². The van der Waals surface area contributed by atoms with Crippen LogP contribution < -0.4 is 20.5 Å².